The molecule has 0 aliphatic carbocycles. The van der Waals surface area contributed by atoms with Gasteiger partial charge in [-0.15, -0.1) is 0 Å². The fraction of sp³-hybridized carbons (Fsp3) is 0.250. The van der Waals surface area contributed by atoms with Crippen molar-refractivity contribution >= 4 is 31.9 Å². The zero-order valence-corrected chi connectivity index (χ0v) is 14.1. The standard InChI is InChI=1S/C16H16Br2FN/c17-14-4-1-11(2-5-14)7-12(10-20)8-13-3-6-15(18)9-16(13)19/h1-6,9,12H,7-8,10,20H2. The average molecular weight is 401 g/mol. The Bertz CT molecular complexity index is 569. The molecule has 0 aliphatic rings. The van der Waals surface area contributed by atoms with E-state index < -0.39 is 0 Å². The van der Waals surface area contributed by atoms with E-state index in [1.807, 2.05) is 24.3 Å². The van der Waals surface area contributed by atoms with Gasteiger partial charge in [-0.25, -0.2) is 4.39 Å². The summed E-state index contributed by atoms with van der Waals surface area (Å²) in [5, 5.41) is 0. The fourth-order valence-corrected chi connectivity index (χ4v) is 2.79. The smallest absolute Gasteiger partial charge is 0.127 e. The molecule has 20 heavy (non-hydrogen) atoms. The Kier molecular flexibility index (Phi) is 5.75. The highest BCUT2D eigenvalue weighted by molar-refractivity contribution is 9.10. The third-order valence-corrected chi connectivity index (χ3v) is 4.32. The lowest BCUT2D eigenvalue weighted by Crippen LogP contribution is -2.20. The minimum atomic E-state index is -0.173. The van der Waals surface area contributed by atoms with Crippen LogP contribution in [0.25, 0.3) is 0 Å². The number of hydrogen-bond donors (Lipinski definition) is 1. The van der Waals surface area contributed by atoms with Crippen LogP contribution in [0.3, 0.4) is 0 Å². The molecule has 0 saturated heterocycles. The van der Waals surface area contributed by atoms with Crippen LogP contribution in [0.15, 0.2) is 51.4 Å². The summed E-state index contributed by atoms with van der Waals surface area (Å²) in [6, 6.07) is 13.4. The monoisotopic (exact) mass is 399 g/mol. The molecule has 0 aliphatic heterocycles. The maximum absolute atomic E-state index is 13.9. The molecule has 0 heterocycles. The highest BCUT2D eigenvalue weighted by Crippen LogP contribution is 2.20. The summed E-state index contributed by atoms with van der Waals surface area (Å²) >= 11 is 6.69. The van der Waals surface area contributed by atoms with Crippen LogP contribution in [0.5, 0.6) is 0 Å². The first kappa shape index (κ1) is 15.7. The topological polar surface area (TPSA) is 26.0 Å². The van der Waals surface area contributed by atoms with Crippen molar-refractivity contribution in [2.24, 2.45) is 11.7 Å². The molecule has 2 aromatic carbocycles. The van der Waals surface area contributed by atoms with Crippen LogP contribution in [0.2, 0.25) is 0 Å². The van der Waals surface area contributed by atoms with Gasteiger partial charge in [-0.3, -0.25) is 0 Å². The largest absolute Gasteiger partial charge is 0.330 e. The second-order valence-corrected chi connectivity index (χ2v) is 6.70. The SMILES string of the molecule is NCC(Cc1ccc(Br)cc1)Cc1ccc(Br)cc1F. The first-order valence-electron chi connectivity index (χ1n) is 6.47. The van der Waals surface area contributed by atoms with Crippen LogP contribution in [0.4, 0.5) is 4.39 Å². The van der Waals surface area contributed by atoms with Crippen molar-refractivity contribution in [3.63, 3.8) is 0 Å². The van der Waals surface area contributed by atoms with Gasteiger partial charge in [0, 0.05) is 8.95 Å². The van der Waals surface area contributed by atoms with Crippen LogP contribution in [-0.4, -0.2) is 6.54 Å². The van der Waals surface area contributed by atoms with Gasteiger partial charge in [0.1, 0.15) is 5.82 Å². The van der Waals surface area contributed by atoms with E-state index in [4.69, 9.17) is 5.73 Å². The zero-order chi connectivity index (χ0) is 14.5. The molecule has 2 N–H and O–H groups in total. The van der Waals surface area contributed by atoms with E-state index in [1.165, 1.54) is 11.6 Å². The third kappa shape index (κ3) is 4.40. The molecule has 0 radical (unpaired) electrons. The molecular formula is C16H16Br2FN. The Labute approximate surface area is 135 Å². The quantitative estimate of drug-likeness (QED) is 0.772. The Morgan fingerprint density at radius 1 is 0.950 bits per heavy atom. The minimum Gasteiger partial charge on any atom is -0.330 e. The molecule has 0 bridgehead atoms. The second kappa shape index (κ2) is 7.34. The van der Waals surface area contributed by atoms with Gasteiger partial charge in [0.05, 0.1) is 0 Å². The molecule has 0 fully saturated rings. The Morgan fingerprint density at radius 2 is 1.60 bits per heavy atom. The Hall–Kier alpha value is -0.710. The van der Waals surface area contributed by atoms with Gasteiger partial charge in [0.25, 0.3) is 0 Å². The van der Waals surface area contributed by atoms with Crippen molar-refractivity contribution < 1.29 is 4.39 Å². The first-order valence-corrected chi connectivity index (χ1v) is 8.05. The fourth-order valence-electron chi connectivity index (χ4n) is 2.19. The number of halogens is 3. The summed E-state index contributed by atoms with van der Waals surface area (Å²) in [5.74, 6) is 0.0699. The van der Waals surface area contributed by atoms with Gasteiger partial charge < -0.3 is 5.73 Å². The summed E-state index contributed by atoms with van der Waals surface area (Å²) in [4.78, 5) is 0. The van der Waals surface area contributed by atoms with Crippen molar-refractivity contribution in [3.8, 4) is 0 Å². The predicted octanol–water partition coefficient (Wildman–Crippen LogP) is 4.71. The summed E-state index contributed by atoms with van der Waals surface area (Å²) < 4.78 is 15.7. The van der Waals surface area contributed by atoms with Crippen molar-refractivity contribution in [1.29, 1.82) is 0 Å². The molecule has 0 aromatic heterocycles. The maximum Gasteiger partial charge on any atom is 0.127 e. The lowest BCUT2D eigenvalue weighted by atomic mass is 9.92. The van der Waals surface area contributed by atoms with E-state index in [0.717, 1.165) is 20.9 Å². The van der Waals surface area contributed by atoms with Crippen molar-refractivity contribution in [2.75, 3.05) is 6.54 Å². The Balaban J connectivity index is 2.07. The molecule has 4 heteroatoms. The van der Waals surface area contributed by atoms with Gasteiger partial charge in [-0.2, -0.15) is 0 Å². The molecule has 1 nitrogen and oxygen atoms in total. The van der Waals surface area contributed by atoms with Crippen molar-refractivity contribution in [3.05, 3.63) is 68.4 Å². The van der Waals surface area contributed by atoms with Crippen LogP contribution in [-0.2, 0) is 12.8 Å². The van der Waals surface area contributed by atoms with Gasteiger partial charge in [-0.1, -0.05) is 50.1 Å². The van der Waals surface area contributed by atoms with E-state index in [2.05, 4.69) is 44.0 Å². The molecule has 0 spiro atoms. The van der Waals surface area contributed by atoms with Gasteiger partial charge in [0.15, 0.2) is 0 Å². The molecule has 2 aromatic rings. The van der Waals surface area contributed by atoms with Crippen LogP contribution >= 0.6 is 31.9 Å². The van der Waals surface area contributed by atoms with Gasteiger partial charge >= 0.3 is 0 Å². The molecule has 1 unspecified atom stereocenters. The molecule has 2 rings (SSSR count). The van der Waals surface area contributed by atoms with E-state index in [0.29, 0.717) is 13.0 Å². The number of benzene rings is 2. The maximum atomic E-state index is 13.9. The van der Waals surface area contributed by atoms with Crippen LogP contribution < -0.4 is 5.73 Å². The second-order valence-electron chi connectivity index (χ2n) is 4.87. The van der Waals surface area contributed by atoms with E-state index in [-0.39, 0.29) is 11.7 Å². The van der Waals surface area contributed by atoms with E-state index in [1.54, 1.807) is 0 Å². The molecule has 1 atom stereocenters. The predicted molar refractivity (Wildman–Crippen MR) is 88.2 cm³/mol. The summed E-state index contributed by atoms with van der Waals surface area (Å²) in [5.41, 5.74) is 7.78. The van der Waals surface area contributed by atoms with Crippen LogP contribution in [0.1, 0.15) is 11.1 Å². The zero-order valence-electron chi connectivity index (χ0n) is 11.0. The molecule has 0 amide bonds. The number of rotatable bonds is 5. The lowest BCUT2D eigenvalue weighted by Gasteiger charge is -2.15. The van der Waals surface area contributed by atoms with Crippen molar-refractivity contribution in [2.45, 2.75) is 12.8 Å². The molecule has 0 saturated carbocycles. The van der Waals surface area contributed by atoms with Gasteiger partial charge in [0.2, 0.25) is 0 Å². The summed E-state index contributed by atoms with van der Waals surface area (Å²) in [7, 11) is 0. The van der Waals surface area contributed by atoms with E-state index >= 15 is 0 Å². The normalized spacial score (nSPS) is 12.4. The minimum absolute atomic E-state index is 0.173. The highest BCUT2D eigenvalue weighted by atomic mass is 79.9. The summed E-state index contributed by atoms with van der Waals surface area (Å²) in [6.07, 6.45) is 1.52. The number of nitrogens with two attached hydrogens (primary N) is 1. The average Bonchev–Trinajstić information content (AvgIpc) is 2.43. The Morgan fingerprint density at radius 3 is 2.20 bits per heavy atom. The molecule has 106 valence electrons. The molecular weight excluding hydrogens is 385 g/mol. The highest BCUT2D eigenvalue weighted by Gasteiger charge is 2.12. The lowest BCUT2D eigenvalue weighted by molar-refractivity contribution is 0.511. The number of hydrogen-bond acceptors (Lipinski definition) is 1. The van der Waals surface area contributed by atoms with Crippen LogP contribution in [0, 0.1) is 11.7 Å². The van der Waals surface area contributed by atoms with Crippen molar-refractivity contribution in [1.82, 2.24) is 0 Å². The van der Waals surface area contributed by atoms with E-state index in [9.17, 15) is 4.39 Å². The third-order valence-electron chi connectivity index (χ3n) is 3.29. The first-order chi connectivity index (χ1) is 9.58. The van der Waals surface area contributed by atoms with Gasteiger partial charge in [-0.05, 0) is 60.7 Å². The summed E-state index contributed by atoms with van der Waals surface area (Å²) in [6.45, 7) is 0.547.